The smallest absolute Gasteiger partial charge is 0.135 e. The van der Waals surface area contributed by atoms with Crippen molar-refractivity contribution >= 4 is 23.1 Å². The maximum Gasteiger partial charge on any atom is 0.135 e. The van der Waals surface area contributed by atoms with E-state index in [4.69, 9.17) is 4.42 Å². The summed E-state index contributed by atoms with van der Waals surface area (Å²) in [7, 11) is 0. The van der Waals surface area contributed by atoms with Gasteiger partial charge in [-0.1, -0.05) is 48.6 Å². The molecular weight excluding hydrogens is 208 g/mol. The second kappa shape index (κ2) is 4.88. The number of benzene rings is 1. The molecule has 0 N–H and O–H groups in total. The Morgan fingerprint density at radius 2 is 2.00 bits per heavy atom. The predicted molar refractivity (Wildman–Crippen MR) is 74.8 cm³/mol. The molecule has 0 saturated carbocycles. The van der Waals surface area contributed by atoms with Gasteiger partial charge in [-0.2, -0.15) is 0 Å². The third kappa shape index (κ3) is 2.39. The van der Waals surface area contributed by atoms with Gasteiger partial charge in [0.05, 0.1) is 0 Å². The molecule has 0 aliphatic rings. The van der Waals surface area contributed by atoms with Crippen molar-refractivity contribution in [1.29, 1.82) is 0 Å². The standard InChI is InChI=1S/C16H16O/c1-4-7-13-14-8-5-6-9-15(14)17-16(13)11-10-12(2)3/h4-11H,2H2,1,3H3/b7-4-,11-10+. The van der Waals surface area contributed by atoms with E-state index >= 15 is 0 Å². The van der Waals surface area contributed by atoms with Crippen LogP contribution in [0.4, 0.5) is 0 Å². The summed E-state index contributed by atoms with van der Waals surface area (Å²) in [4.78, 5) is 0. The SMILES string of the molecule is C=C(C)/C=C/c1oc2ccccc2c1/C=C\C. The highest BCUT2D eigenvalue weighted by Gasteiger charge is 2.08. The molecule has 0 atom stereocenters. The monoisotopic (exact) mass is 224 g/mol. The number of hydrogen-bond donors (Lipinski definition) is 0. The van der Waals surface area contributed by atoms with E-state index in [-0.39, 0.29) is 0 Å². The predicted octanol–water partition coefficient (Wildman–Crippen LogP) is 5.06. The van der Waals surface area contributed by atoms with Gasteiger partial charge in [-0.15, -0.1) is 0 Å². The van der Waals surface area contributed by atoms with E-state index in [0.29, 0.717) is 0 Å². The van der Waals surface area contributed by atoms with Crippen LogP contribution in [0.25, 0.3) is 23.1 Å². The van der Waals surface area contributed by atoms with Gasteiger partial charge in [0, 0.05) is 10.9 Å². The van der Waals surface area contributed by atoms with Gasteiger partial charge in [0.15, 0.2) is 0 Å². The quantitative estimate of drug-likeness (QED) is 0.664. The van der Waals surface area contributed by atoms with Crippen LogP contribution in [0.3, 0.4) is 0 Å². The summed E-state index contributed by atoms with van der Waals surface area (Å²) < 4.78 is 5.82. The zero-order valence-electron chi connectivity index (χ0n) is 10.2. The first-order valence-corrected chi connectivity index (χ1v) is 5.70. The maximum atomic E-state index is 5.82. The van der Waals surface area contributed by atoms with Crippen LogP contribution in [0.15, 0.2) is 53.0 Å². The van der Waals surface area contributed by atoms with Crippen LogP contribution in [0, 0.1) is 0 Å². The van der Waals surface area contributed by atoms with E-state index in [9.17, 15) is 0 Å². The van der Waals surface area contributed by atoms with Crippen LogP contribution in [0.5, 0.6) is 0 Å². The molecule has 2 aromatic rings. The fourth-order valence-corrected chi connectivity index (χ4v) is 1.76. The van der Waals surface area contributed by atoms with Crippen molar-refractivity contribution in [3.05, 3.63) is 59.9 Å². The lowest BCUT2D eigenvalue weighted by Gasteiger charge is -1.91. The Bertz CT molecular complexity index is 597. The van der Waals surface area contributed by atoms with Crippen LogP contribution in [0.1, 0.15) is 25.2 Å². The van der Waals surface area contributed by atoms with Crippen molar-refractivity contribution in [3.8, 4) is 0 Å². The summed E-state index contributed by atoms with van der Waals surface area (Å²) in [6, 6.07) is 8.07. The van der Waals surface area contributed by atoms with Gasteiger partial charge in [-0.25, -0.2) is 0 Å². The summed E-state index contributed by atoms with van der Waals surface area (Å²) in [6.45, 7) is 7.83. The molecule has 17 heavy (non-hydrogen) atoms. The molecule has 2 rings (SSSR count). The van der Waals surface area contributed by atoms with E-state index in [1.807, 2.05) is 50.3 Å². The minimum absolute atomic E-state index is 0.882. The molecule has 0 fully saturated rings. The Balaban J connectivity index is 2.61. The molecular formula is C16H16O. The van der Waals surface area contributed by atoms with Gasteiger partial charge >= 0.3 is 0 Å². The van der Waals surface area contributed by atoms with Crippen LogP contribution >= 0.6 is 0 Å². The minimum Gasteiger partial charge on any atom is -0.456 e. The van der Waals surface area contributed by atoms with Crippen LogP contribution in [-0.4, -0.2) is 0 Å². The van der Waals surface area contributed by atoms with Crippen LogP contribution < -0.4 is 0 Å². The Labute approximate surface area is 102 Å². The van der Waals surface area contributed by atoms with Crippen molar-refractivity contribution in [3.63, 3.8) is 0 Å². The second-order valence-corrected chi connectivity index (χ2v) is 4.06. The number of rotatable bonds is 3. The number of allylic oxidation sites excluding steroid dienone is 3. The molecule has 1 nitrogen and oxygen atoms in total. The van der Waals surface area contributed by atoms with Crippen LogP contribution in [0.2, 0.25) is 0 Å². The summed E-state index contributed by atoms with van der Waals surface area (Å²) >= 11 is 0. The highest BCUT2D eigenvalue weighted by molar-refractivity contribution is 5.91. The van der Waals surface area contributed by atoms with Gasteiger partial charge in [0.25, 0.3) is 0 Å². The molecule has 86 valence electrons. The Hall–Kier alpha value is -2.02. The van der Waals surface area contributed by atoms with E-state index < -0.39 is 0 Å². The lowest BCUT2D eigenvalue weighted by molar-refractivity contribution is 0.603. The molecule has 1 aromatic carbocycles. The highest BCUT2D eigenvalue weighted by Crippen LogP contribution is 2.28. The third-order valence-corrected chi connectivity index (χ3v) is 2.52. The van der Waals surface area contributed by atoms with Gasteiger partial charge in [0.2, 0.25) is 0 Å². The van der Waals surface area contributed by atoms with Gasteiger partial charge in [-0.3, -0.25) is 0 Å². The number of para-hydroxylation sites is 1. The normalized spacial score (nSPS) is 11.9. The van der Waals surface area contributed by atoms with Gasteiger partial charge in [0.1, 0.15) is 11.3 Å². The average molecular weight is 224 g/mol. The molecule has 0 saturated heterocycles. The highest BCUT2D eigenvalue weighted by atomic mass is 16.3. The molecule has 1 heterocycles. The summed E-state index contributed by atoms with van der Waals surface area (Å²) in [6.07, 6.45) is 8.03. The van der Waals surface area contributed by atoms with E-state index in [1.54, 1.807) is 0 Å². The fraction of sp³-hybridized carbons (Fsp3) is 0.125. The topological polar surface area (TPSA) is 13.1 Å². The second-order valence-electron chi connectivity index (χ2n) is 4.06. The molecule has 1 aromatic heterocycles. The lowest BCUT2D eigenvalue weighted by Crippen LogP contribution is -1.73. The number of furan rings is 1. The van der Waals surface area contributed by atoms with Gasteiger partial charge in [-0.05, 0) is 26.0 Å². The summed E-state index contributed by atoms with van der Waals surface area (Å²) in [5, 5.41) is 1.15. The van der Waals surface area contributed by atoms with E-state index in [2.05, 4.69) is 18.7 Å². The van der Waals surface area contributed by atoms with Crippen molar-refractivity contribution in [2.45, 2.75) is 13.8 Å². The van der Waals surface area contributed by atoms with Crippen molar-refractivity contribution < 1.29 is 4.42 Å². The maximum absolute atomic E-state index is 5.82. The molecule has 0 bridgehead atoms. The third-order valence-electron chi connectivity index (χ3n) is 2.52. The first-order valence-electron chi connectivity index (χ1n) is 5.70. The number of fused-ring (bicyclic) bond motifs is 1. The van der Waals surface area contributed by atoms with Gasteiger partial charge < -0.3 is 4.42 Å². The fourth-order valence-electron chi connectivity index (χ4n) is 1.76. The molecule has 0 radical (unpaired) electrons. The van der Waals surface area contributed by atoms with Crippen LogP contribution in [-0.2, 0) is 0 Å². The van der Waals surface area contributed by atoms with E-state index in [0.717, 1.165) is 27.9 Å². The Morgan fingerprint density at radius 1 is 1.24 bits per heavy atom. The largest absolute Gasteiger partial charge is 0.456 e. The molecule has 0 spiro atoms. The average Bonchev–Trinajstić information content (AvgIpc) is 2.66. The zero-order valence-corrected chi connectivity index (χ0v) is 10.2. The summed E-state index contributed by atoms with van der Waals surface area (Å²) in [5.41, 5.74) is 3.06. The van der Waals surface area contributed by atoms with Crippen molar-refractivity contribution in [2.75, 3.05) is 0 Å². The molecule has 0 aliphatic carbocycles. The molecule has 0 unspecified atom stereocenters. The Morgan fingerprint density at radius 3 is 2.71 bits per heavy atom. The van der Waals surface area contributed by atoms with Crippen molar-refractivity contribution in [1.82, 2.24) is 0 Å². The minimum atomic E-state index is 0.882. The molecule has 0 aliphatic heterocycles. The van der Waals surface area contributed by atoms with Crippen molar-refractivity contribution in [2.24, 2.45) is 0 Å². The first kappa shape index (κ1) is 11.5. The molecule has 1 heteroatoms. The zero-order chi connectivity index (χ0) is 12.3. The number of hydrogen-bond acceptors (Lipinski definition) is 1. The Kier molecular flexibility index (Phi) is 3.29. The lowest BCUT2D eigenvalue weighted by atomic mass is 10.1. The van der Waals surface area contributed by atoms with E-state index in [1.165, 1.54) is 0 Å². The summed E-state index contributed by atoms with van der Waals surface area (Å²) in [5.74, 6) is 0.882. The molecule has 0 amide bonds. The first-order chi connectivity index (χ1) is 8.22.